The molecule has 0 fully saturated rings. The van der Waals surface area contributed by atoms with E-state index in [4.69, 9.17) is 18.3 Å². The van der Waals surface area contributed by atoms with Gasteiger partial charge in [-0.3, -0.25) is 13.6 Å². The molecule has 0 unspecified atom stereocenters. The van der Waals surface area contributed by atoms with Crippen molar-refractivity contribution in [2.75, 3.05) is 26.4 Å². The lowest BCUT2D eigenvalue weighted by Crippen LogP contribution is -2.04. The molecule has 0 aromatic rings. The zero-order valence-corrected chi connectivity index (χ0v) is 10.4. The van der Waals surface area contributed by atoms with Crippen LogP contribution in [0.1, 0.15) is 20.8 Å². The fourth-order valence-electron chi connectivity index (χ4n) is 0.825. The molecule has 5 nitrogen and oxygen atoms in total. The SMILES string of the molecule is C=C(COP(=O)(OCC)OCC)OCC. The van der Waals surface area contributed by atoms with Crippen molar-refractivity contribution in [3.8, 4) is 0 Å². The van der Waals surface area contributed by atoms with Gasteiger partial charge in [0.1, 0.15) is 12.4 Å². The summed E-state index contributed by atoms with van der Waals surface area (Å²) in [5.74, 6) is 0.400. The molecule has 0 heterocycles. The van der Waals surface area contributed by atoms with Crippen molar-refractivity contribution in [3.05, 3.63) is 12.3 Å². The Morgan fingerprint density at radius 2 is 1.60 bits per heavy atom. The van der Waals surface area contributed by atoms with Crippen molar-refractivity contribution in [2.45, 2.75) is 20.8 Å². The van der Waals surface area contributed by atoms with Crippen LogP contribution in [0.25, 0.3) is 0 Å². The number of phosphoric ester groups is 1. The Bertz CT molecular complexity index is 219. The van der Waals surface area contributed by atoms with Crippen LogP contribution < -0.4 is 0 Å². The maximum atomic E-state index is 11.8. The zero-order chi connectivity index (χ0) is 11.7. The van der Waals surface area contributed by atoms with Gasteiger partial charge in [-0.2, -0.15) is 0 Å². The summed E-state index contributed by atoms with van der Waals surface area (Å²) in [5, 5.41) is 0. The minimum Gasteiger partial charge on any atom is -0.496 e. The van der Waals surface area contributed by atoms with E-state index >= 15 is 0 Å². The summed E-state index contributed by atoms with van der Waals surface area (Å²) >= 11 is 0. The smallest absolute Gasteiger partial charge is 0.475 e. The Hall–Kier alpha value is -0.350. The first-order chi connectivity index (χ1) is 7.08. The standard InChI is InChI=1S/C9H19O5P/c1-5-11-9(4)8-14-15(10,12-6-2)13-7-3/h4-8H2,1-3H3. The van der Waals surface area contributed by atoms with E-state index in [1.54, 1.807) is 13.8 Å². The number of ether oxygens (including phenoxy) is 1. The molecule has 0 aliphatic rings. The first kappa shape index (κ1) is 14.6. The summed E-state index contributed by atoms with van der Waals surface area (Å²) in [6, 6.07) is 0. The fourth-order valence-corrected chi connectivity index (χ4v) is 1.98. The van der Waals surface area contributed by atoms with Crippen molar-refractivity contribution >= 4 is 7.82 Å². The van der Waals surface area contributed by atoms with Gasteiger partial charge in [0.2, 0.25) is 0 Å². The third-order valence-corrected chi connectivity index (χ3v) is 2.90. The number of rotatable bonds is 9. The van der Waals surface area contributed by atoms with Crippen LogP contribution in [0.5, 0.6) is 0 Å². The van der Waals surface area contributed by atoms with Gasteiger partial charge < -0.3 is 4.74 Å². The maximum Gasteiger partial charge on any atom is 0.475 e. The molecule has 90 valence electrons. The average molecular weight is 238 g/mol. The van der Waals surface area contributed by atoms with Gasteiger partial charge in [-0.1, -0.05) is 6.58 Å². The summed E-state index contributed by atoms with van der Waals surface area (Å²) in [5.41, 5.74) is 0. The lowest BCUT2D eigenvalue weighted by atomic mass is 10.6. The maximum absolute atomic E-state index is 11.8. The number of hydrogen-bond acceptors (Lipinski definition) is 5. The molecule has 6 heteroatoms. The molecule has 0 spiro atoms. The van der Waals surface area contributed by atoms with Crippen LogP contribution in [0.4, 0.5) is 0 Å². The molecule has 0 aromatic heterocycles. The average Bonchev–Trinajstić information content (AvgIpc) is 2.16. The first-order valence-electron chi connectivity index (χ1n) is 4.92. The zero-order valence-electron chi connectivity index (χ0n) is 9.52. The Morgan fingerprint density at radius 1 is 1.07 bits per heavy atom. The molecule has 0 aliphatic carbocycles. The molecule has 0 aliphatic heterocycles. The predicted molar refractivity (Wildman–Crippen MR) is 57.6 cm³/mol. The van der Waals surface area contributed by atoms with Gasteiger partial charge in [0.15, 0.2) is 0 Å². The molecule has 0 saturated carbocycles. The monoisotopic (exact) mass is 238 g/mol. The van der Waals surface area contributed by atoms with E-state index < -0.39 is 7.82 Å². The van der Waals surface area contributed by atoms with Crippen LogP contribution in [0.2, 0.25) is 0 Å². The van der Waals surface area contributed by atoms with E-state index in [1.807, 2.05) is 6.92 Å². The second-order valence-corrected chi connectivity index (χ2v) is 4.20. The fraction of sp³-hybridized carbons (Fsp3) is 0.778. The van der Waals surface area contributed by atoms with E-state index in [9.17, 15) is 4.57 Å². The summed E-state index contributed by atoms with van der Waals surface area (Å²) in [4.78, 5) is 0. The predicted octanol–water partition coefficient (Wildman–Crippen LogP) is 2.73. The van der Waals surface area contributed by atoms with Crippen LogP contribution in [0, 0.1) is 0 Å². The Balaban J connectivity index is 4.06. The van der Waals surface area contributed by atoms with Crippen LogP contribution in [0.15, 0.2) is 12.3 Å². The van der Waals surface area contributed by atoms with Crippen molar-refractivity contribution in [1.29, 1.82) is 0 Å². The Morgan fingerprint density at radius 3 is 2.00 bits per heavy atom. The number of phosphoric acid groups is 1. The highest BCUT2D eigenvalue weighted by atomic mass is 31.2. The van der Waals surface area contributed by atoms with E-state index in [0.29, 0.717) is 12.4 Å². The quantitative estimate of drug-likeness (QED) is 0.456. The molecular formula is C9H19O5P. The van der Waals surface area contributed by atoms with E-state index in [1.165, 1.54) is 0 Å². The molecule has 0 bridgehead atoms. The molecule has 0 aromatic carbocycles. The molecule has 0 rings (SSSR count). The lowest BCUT2D eigenvalue weighted by molar-refractivity contribution is 0.107. The van der Waals surface area contributed by atoms with Gasteiger partial charge >= 0.3 is 7.82 Å². The van der Waals surface area contributed by atoms with Gasteiger partial charge in [0, 0.05) is 0 Å². The Labute approximate surface area is 91.0 Å². The third-order valence-electron chi connectivity index (χ3n) is 1.31. The van der Waals surface area contributed by atoms with E-state index in [0.717, 1.165) is 0 Å². The molecule has 15 heavy (non-hydrogen) atoms. The second-order valence-electron chi connectivity index (χ2n) is 2.53. The van der Waals surface area contributed by atoms with Gasteiger partial charge in [0.25, 0.3) is 0 Å². The molecule has 0 radical (unpaired) electrons. The highest BCUT2D eigenvalue weighted by Crippen LogP contribution is 2.49. The summed E-state index contributed by atoms with van der Waals surface area (Å²) in [6.45, 7) is 9.87. The van der Waals surface area contributed by atoms with Crippen molar-refractivity contribution in [2.24, 2.45) is 0 Å². The van der Waals surface area contributed by atoms with E-state index in [-0.39, 0.29) is 19.8 Å². The summed E-state index contributed by atoms with van der Waals surface area (Å²) in [7, 11) is -3.44. The number of hydrogen-bond donors (Lipinski definition) is 0. The van der Waals surface area contributed by atoms with E-state index in [2.05, 4.69) is 6.58 Å². The second kappa shape index (κ2) is 7.88. The highest BCUT2D eigenvalue weighted by Gasteiger charge is 2.25. The minimum absolute atomic E-state index is 0.00508. The highest BCUT2D eigenvalue weighted by molar-refractivity contribution is 7.48. The summed E-state index contributed by atoms with van der Waals surface area (Å²) in [6.07, 6.45) is 0. The Kier molecular flexibility index (Phi) is 7.70. The van der Waals surface area contributed by atoms with Crippen LogP contribution in [0.3, 0.4) is 0 Å². The van der Waals surface area contributed by atoms with Gasteiger partial charge in [0.05, 0.1) is 19.8 Å². The van der Waals surface area contributed by atoms with Gasteiger partial charge in [-0.25, -0.2) is 4.57 Å². The lowest BCUT2D eigenvalue weighted by Gasteiger charge is -2.16. The van der Waals surface area contributed by atoms with Crippen molar-refractivity contribution in [1.82, 2.24) is 0 Å². The summed E-state index contributed by atoms with van der Waals surface area (Å²) < 4.78 is 31.6. The minimum atomic E-state index is -3.44. The van der Waals surface area contributed by atoms with Crippen LogP contribution >= 0.6 is 7.82 Å². The molecule has 0 N–H and O–H groups in total. The largest absolute Gasteiger partial charge is 0.496 e. The third kappa shape index (κ3) is 6.68. The van der Waals surface area contributed by atoms with Crippen LogP contribution in [-0.2, 0) is 22.9 Å². The van der Waals surface area contributed by atoms with Crippen molar-refractivity contribution in [3.63, 3.8) is 0 Å². The molecular weight excluding hydrogens is 219 g/mol. The molecule has 0 saturated heterocycles. The van der Waals surface area contributed by atoms with Gasteiger partial charge in [-0.15, -0.1) is 0 Å². The normalized spacial score (nSPS) is 11.4. The van der Waals surface area contributed by atoms with Crippen molar-refractivity contribution < 1.29 is 22.9 Å². The van der Waals surface area contributed by atoms with Crippen LogP contribution in [-0.4, -0.2) is 26.4 Å². The molecule has 0 amide bonds. The topological polar surface area (TPSA) is 54.0 Å². The molecule has 0 atom stereocenters. The first-order valence-corrected chi connectivity index (χ1v) is 6.38. The van der Waals surface area contributed by atoms with Gasteiger partial charge in [-0.05, 0) is 20.8 Å².